The van der Waals surface area contributed by atoms with Crippen LogP contribution in [0.2, 0.25) is 0 Å². The van der Waals surface area contributed by atoms with E-state index in [2.05, 4.69) is 5.32 Å². The van der Waals surface area contributed by atoms with E-state index >= 15 is 0 Å². The summed E-state index contributed by atoms with van der Waals surface area (Å²) in [5.74, 6) is -1.51. The van der Waals surface area contributed by atoms with E-state index in [-0.39, 0.29) is 47.0 Å². The Morgan fingerprint density at radius 2 is 1.97 bits per heavy atom. The van der Waals surface area contributed by atoms with Crippen LogP contribution in [0.5, 0.6) is 5.75 Å². The first-order valence-corrected chi connectivity index (χ1v) is 10.8. The summed E-state index contributed by atoms with van der Waals surface area (Å²) < 4.78 is 31.8. The number of sulfonamides is 1. The summed E-state index contributed by atoms with van der Waals surface area (Å²) in [5.41, 5.74) is 0.157. The number of non-ortho nitro benzene ring substituents is 1. The minimum Gasteiger partial charge on any atom is -0.506 e. The highest BCUT2D eigenvalue weighted by Gasteiger charge is 2.19. The van der Waals surface area contributed by atoms with Gasteiger partial charge in [0, 0.05) is 33.1 Å². The fraction of sp³-hybridized carbons (Fsp3) is 0.263. The van der Waals surface area contributed by atoms with Crippen LogP contribution in [0, 0.1) is 10.1 Å². The number of nitro groups is 1. The first kappa shape index (κ1) is 23.0. The normalized spacial score (nSPS) is 11.7. The number of aromatic hydroxyl groups is 1. The molecule has 1 heterocycles. The van der Waals surface area contributed by atoms with Crippen molar-refractivity contribution in [3.63, 3.8) is 0 Å². The predicted molar refractivity (Wildman–Crippen MR) is 114 cm³/mol. The number of phenols is 1. The van der Waals surface area contributed by atoms with Crippen molar-refractivity contribution in [2.24, 2.45) is 0 Å². The standard InChI is InChI=1S/C19H20N4O8S/c1-21(2)32(29,30)13-6-8-16(24)14(11-13)20-18(25)4-3-9-22-15-7-5-12(23(27)28)10-17(15)31-19(22)26/h5-8,10-11,24H,3-4,9H2,1-2H3,(H,20,25). The molecule has 2 N–H and O–H groups in total. The molecule has 0 radical (unpaired) electrons. The zero-order valence-corrected chi connectivity index (χ0v) is 18.0. The Hall–Kier alpha value is -3.71. The zero-order chi connectivity index (χ0) is 23.6. The molecule has 3 aromatic rings. The minimum atomic E-state index is -3.75. The van der Waals surface area contributed by atoms with Crippen molar-refractivity contribution in [3.8, 4) is 5.75 Å². The summed E-state index contributed by atoms with van der Waals surface area (Å²) >= 11 is 0. The van der Waals surface area contributed by atoms with Gasteiger partial charge in [0.15, 0.2) is 5.58 Å². The van der Waals surface area contributed by atoms with Crippen LogP contribution in [0.4, 0.5) is 11.4 Å². The fourth-order valence-electron chi connectivity index (χ4n) is 2.98. The van der Waals surface area contributed by atoms with E-state index in [4.69, 9.17) is 4.42 Å². The number of carbonyl (C=O) groups is 1. The molecule has 0 fully saturated rings. The van der Waals surface area contributed by atoms with Gasteiger partial charge in [-0.05, 0) is 30.7 Å². The summed E-state index contributed by atoms with van der Waals surface area (Å²) in [5, 5.41) is 23.3. The summed E-state index contributed by atoms with van der Waals surface area (Å²) in [6.07, 6.45) is 0.171. The third-order valence-corrected chi connectivity index (χ3v) is 6.48. The topological polar surface area (TPSA) is 165 Å². The number of anilines is 1. The number of aryl methyl sites for hydroxylation is 1. The molecule has 0 unspecified atom stereocenters. The maximum Gasteiger partial charge on any atom is 0.419 e. The number of hydrogen-bond donors (Lipinski definition) is 2. The molecule has 13 heteroatoms. The van der Waals surface area contributed by atoms with Crippen molar-refractivity contribution in [1.82, 2.24) is 8.87 Å². The number of oxazole rings is 1. The molecule has 0 saturated carbocycles. The molecule has 12 nitrogen and oxygen atoms in total. The van der Waals surface area contributed by atoms with Crippen molar-refractivity contribution < 1.29 is 27.7 Å². The fourth-order valence-corrected chi connectivity index (χ4v) is 3.91. The number of phenolic OH excluding ortho intramolecular Hbond substituents is 1. The number of fused-ring (bicyclic) bond motifs is 1. The Balaban J connectivity index is 1.68. The molecule has 0 aliphatic rings. The molecule has 170 valence electrons. The van der Waals surface area contributed by atoms with Crippen LogP contribution in [0.15, 0.2) is 50.5 Å². The van der Waals surface area contributed by atoms with E-state index in [9.17, 15) is 33.2 Å². The Morgan fingerprint density at radius 1 is 1.25 bits per heavy atom. The Kier molecular flexibility index (Phi) is 6.32. The maximum absolute atomic E-state index is 12.3. The molecular formula is C19H20N4O8S. The lowest BCUT2D eigenvalue weighted by atomic mass is 10.2. The predicted octanol–water partition coefficient (Wildman–Crippen LogP) is 1.88. The number of carbonyl (C=O) groups excluding carboxylic acids is 1. The second-order valence-electron chi connectivity index (χ2n) is 7.05. The Morgan fingerprint density at radius 3 is 2.62 bits per heavy atom. The molecule has 32 heavy (non-hydrogen) atoms. The maximum atomic E-state index is 12.3. The molecule has 0 spiro atoms. The van der Waals surface area contributed by atoms with Gasteiger partial charge >= 0.3 is 5.76 Å². The first-order valence-electron chi connectivity index (χ1n) is 9.34. The van der Waals surface area contributed by atoms with Crippen molar-refractivity contribution in [2.45, 2.75) is 24.3 Å². The molecule has 0 bridgehead atoms. The lowest BCUT2D eigenvalue weighted by Gasteiger charge is -2.13. The highest BCUT2D eigenvalue weighted by molar-refractivity contribution is 7.89. The van der Waals surface area contributed by atoms with E-state index in [1.54, 1.807) is 0 Å². The number of aromatic nitrogens is 1. The lowest BCUT2D eigenvalue weighted by Crippen LogP contribution is -2.22. The van der Waals surface area contributed by atoms with Gasteiger partial charge in [0.05, 0.1) is 27.1 Å². The molecule has 0 atom stereocenters. The SMILES string of the molecule is CN(C)S(=O)(=O)c1ccc(O)c(NC(=O)CCCn2c(=O)oc3cc([N+](=O)[O-])ccc32)c1. The second-order valence-corrected chi connectivity index (χ2v) is 9.20. The van der Waals surface area contributed by atoms with Crippen LogP contribution in [0.3, 0.4) is 0 Å². The van der Waals surface area contributed by atoms with Gasteiger partial charge in [0.2, 0.25) is 15.9 Å². The van der Waals surface area contributed by atoms with Crippen LogP contribution in [-0.2, 0) is 21.4 Å². The third kappa shape index (κ3) is 4.63. The molecular weight excluding hydrogens is 444 g/mol. The van der Waals surface area contributed by atoms with Crippen molar-refractivity contribution in [1.29, 1.82) is 0 Å². The number of hydrogen-bond acceptors (Lipinski definition) is 8. The highest BCUT2D eigenvalue weighted by Crippen LogP contribution is 2.27. The van der Waals surface area contributed by atoms with Gasteiger partial charge in [0.1, 0.15) is 5.75 Å². The Bertz CT molecular complexity index is 1360. The smallest absolute Gasteiger partial charge is 0.419 e. The molecule has 3 rings (SSSR count). The summed E-state index contributed by atoms with van der Waals surface area (Å²) in [6, 6.07) is 7.34. The van der Waals surface area contributed by atoms with Crippen LogP contribution >= 0.6 is 0 Å². The van der Waals surface area contributed by atoms with Crippen LogP contribution < -0.4 is 11.1 Å². The van der Waals surface area contributed by atoms with E-state index in [0.717, 1.165) is 16.4 Å². The largest absolute Gasteiger partial charge is 0.506 e. The molecule has 0 aliphatic carbocycles. The van der Waals surface area contributed by atoms with Gasteiger partial charge in [-0.25, -0.2) is 17.5 Å². The molecule has 2 aromatic carbocycles. The van der Waals surface area contributed by atoms with Crippen molar-refractivity contribution in [3.05, 3.63) is 57.1 Å². The highest BCUT2D eigenvalue weighted by atomic mass is 32.2. The average Bonchev–Trinajstić information content (AvgIpc) is 3.03. The van der Waals surface area contributed by atoms with Gasteiger partial charge in [-0.15, -0.1) is 0 Å². The van der Waals surface area contributed by atoms with Crippen molar-refractivity contribution >= 4 is 38.4 Å². The van der Waals surface area contributed by atoms with E-state index < -0.39 is 26.6 Å². The quantitative estimate of drug-likeness (QED) is 0.290. The number of benzene rings is 2. The van der Waals surface area contributed by atoms with Gasteiger partial charge in [-0.3, -0.25) is 19.5 Å². The number of nitro benzene ring substituents is 1. The van der Waals surface area contributed by atoms with E-state index in [1.165, 1.54) is 42.9 Å². The van der Waals surface area contributed by atoms with E-state index in [1.807, 2.05) is 0 Å². The zero-order valence-electron chi connectivity index (χ0n) is 17.1. The molecule has 0 aliphatic heterocycles. The van der Waals surface area contributed by atoms with Gasteiger partial charge in [-0.1, -0.05) is 0 Å². The van der Waals surface area contributed by atoms with Crippen LogP contribution in [-0.4, -0.2) is 47.3 Å². The van der Waals surface area contributed by atoms with Gasteiger partial charge in [0.25, 0.3) is 5.69 Å². The number of rotatable bonds is 8. The van der Waals surface area contributed by atoms with Gasteiger partial charge in [-0.2, -0.15) is 0 Å². The van der Waals surface area contributed by atoms with Gasteiger partial charge < -0.3 is 14.8 Å². The Labute approximate surface area is 181 Å². The number of nitrogens with zero attached hydrogens (tertiary/aromatic N) is 3. The molecule has 1 amide bonds. The molecule has 1 aromatic heterocycles. The number of amides is 1. The minimum absolute atomic E-state index is 0.0454. The van der Waals surface area contributed by atoms with E-state index in [0.29, 0.717) is 5.52 Å². The van der Waals surface area contributed by atoms with Crippen molar-refractivity contribution in [2.75, 3.05) is 19.4 Å². The summed E-state index contributed by atoms with van der Waals surface area (Å²) in [4.78, 5) is 34.5. The van der Waals surface area contributed by atoms with Crippen LogP contribution in [0.25, 0.3) is 11.1 Å². The second kappa shape index (κ2) is 8.80. The summed E-state index contributed by atoms with van der Waals surface area (Å²) in [6.45, 7) is 0.109. The lowest BCUT2D eigenvalue weighted by molar-refractivity contribution is -0.384. The summed E-state index contributed by atoms with van der Waals surface area (Å²) in [7, 11) is -1.03. The average molecular weight is 464 g/mol. The monoisotopic (exact) mass is 464 g/mol. The third-order valence-electron chi connectivity index (χ3n) is 4.67. The number of nitrogens with one attached hydrogen (secondary N) is 1. The first-order chi connectivity index (χ1) is 15.0. The molecule has 0 saturated heterocycles. The van der Waals surface area contributed by atoms with Crippen LogP contribution in [0.1, 0.15) is 12.8 Å².